The maximum Gasteiger partial charge on any atom is 0.159 e. The Bertz CT molecular complexity index is 583. The third kappa shape index (κ3) is 1.75. The highest BCUT2D eigenvalue weighted by Gasteiger charge is 2.28. The van der Waals surface area contributed by atoms with E-state index in [0.29, 0.717) is 11.7 Å². The zero-order valence-electron chi connectivity index (χ0n) is 10.7. The highest BCUT2D eigenvalue weighted by molar-refractivity contribution is 5.62. The zero-order chi connectivity index (χ0) is 12.7. The number of nitrogens with two attached hydrogens (primary N) is 1. The summed E-state index contributed by atoms with van der Waals surface area (Å²) in [6.45, 7) is 4.92. The van der Waals surface area contributed by atoms with Crippen LogP contribution in [0.4, 0.5) is 5.82 Å². The first-order valence-electron chi connectivity index (χ1n) is 6.36. The molecule has 1 aliphatic rings. The topological polar surface area (TPSA) is 69.6 Å². The number of imidazole rings is 1. The van der Waals surface area contributed by atoms with Crippen LogP contribution in [0.5, 0.6) is 0 Å². The standard InChI is InChI=1S/C13H17N5/c1-3-18-7-6-15-13(18)10-8(2)11(14)17-12(16-10)9-4-5-9/h6-7,9H,3-5H2,1-2H3,(H2,14,16,17). The average Bonchev–Trinajstić information content (AvgIpc) is 3.11. The fourth-order valence-corrected chi connectivity index (χ4v) is 2.08. The number of anilines is 1. The monoisotopic (exact) mass is 243 g/mol. The molecule has 0 amide bonds. The minimum absolute atomic E-state index is 0.497. The van der Waals surface area contributed by atoms with Gasteiger partial charge in [-0.3, -0.25) is 0 Å². The maximum atomic E-state index is 6.00. The lowest BCUT2D eigenvalue weighted by atomic mass is 10.2. The van der Waals surface area contributed by atoms with Crippen molar-refractivity contribution in [3.63, 3.8) is 0 Å². The molecule has 2 N–H and O–H groups in total. The zero-order valence-corrected chi connectivity index (χ0v) is 10.7. The van der Waals surface area contributed by atoms with Crippen molar-refractivity contribution in [1.82, 2.24) is 19.5 Å². The Hall–Kier alpha value is -1.91. The minimum atomic E-state index is 0.497. The van der Waals surface area contributed by atoms with Gasteiger partial charge in [-0.25, -0.2) is 15.0 Å². The fourth-order valence-electron chi connectivity index (χ4n) is 2.08. The second-order valence-corrected chi connectivity index (χ2v) is 4.75. The highest BCUT2D eigenvalue weighted by atomic mass is 15.1. The Morgan fingerprint density at radius 2 is 2.17 bits per heavy atom. The quantitative estimate of drug-likeness (QED) is 0.896. The Morgan fingerprint density at radius 3 is 2.83 bits per heavy atom. The molecule has 0 aliphatic heterocycles. The second-order valence-electron chi connectivity index (χ2n) is 4.75. The van der Waals surface area contributed by atoms with Gasteiger partial charge in [-0.1, -0.05) is 0 Å². The van der Waals surface area contributed by atoms with E-state index in [1.807, 2.05) is 13.1 Å². The Balaban J connectivity index is 2.15. The van der Waals surface area contributed by atoms with Gasteiger partial charge < -0.3 is 10.3 Å². The van der Waals surface area contributed by atoms with Crippen LogP contribution < -0.4 is 5.73 Å². The van der Waals surface area contributed by atoms with E-state index < -0.39 is 0 Å². The Labute approximate surface area is 106 Å². The molecule has 0 radical (unpaired) electrons. The normalized spacial score (nSPS) is 15.0. The Morgan fingerprint density at radius 1 is 1.39 bits per heavy atom. The van der Waals surface area contributed by atoms with E-state index in [0.717, 1.165) is 29.5 Å². The van der Waals surface area contributed by atoms with Crippen LogP contribution in [-0.4, -0.2) is 19.5 Å². The van der Waals surface area contributed by atoms with Crippen molar-refractivity contribution in [2.24, 2.45) is 0 Å². The lowest BCUT2D eigenvalue weighted by Gasteiger charge is -2.10. The van der Waals surface area contributed by atoms with Crippen LogP contribution in [0.2, 0.25) is 0 Å². The van der Waals surface area contributed by atoms with Crippen LogP contribution in [0.1, 0.15) is 37.1 Å². The maximum absolute atomic E-state index is 6.00. The molecular formula is C13H17N5. The molecule has 0 atom stereocenters. The first kappa shape index (κ1) is 11.2. The Kier molecular flexibility index (Phi) is 2.54. The van der Waals surface area contributed by atoms with Crippen LogP contribution >= 0.6 is 0 Å². The number of aryl methyl sites for hydroxylation is 1. The molecule has 18 heavy (non-hydrogen) atoms. The predicted octanol–water partition coefficient (Wildman–Crippen LogP) is 2.13. The summed E-state index contributed by atoms with van der Waals surface area (Å²) in [4.78, 5) is 13.5. The van der Waals surface area contributed by atoms with Crippen LogP contribution in [0, 0.1) is 6.92 Å². The van der Waals surface area contributed by atoms with Crippen molar-refractivity contribution in [1.29, 1.82) is 0 Å². The predicted molar refractivity (Wildman–Crippen MR) is 70.1 cm³/mol. The molecule has 5 nitrogen and oxygen atoms in total. The van der Waals surface area contributed by atoms with Gasteiger partial charge in [0.25, 0.3) is 0 Å². The SMILES string of the molecule is CCn1ccnc1-c1nc(C2CC2)nc(N)c1C. The molecule has 1 saturated carbocycles. The molecule has 1 aliphatic carbocycles. The first-order chi connectivity index (χ1) is 8.70. The van der Waals surface area contributed by atoms with E-state index in [2.05, 4.69) is 26.4 Å². The van der Waals surface area contributed by atoms with Gasteiger partial charge >= 0.3 is 0 Å². The summed E-state index contributed by atoms with van der Waals surface area (Å²) in [5.41, 5.74) is 7.78. The molecular weight excluding hydrogens is 226 g/mol. The molecule has 2 aromatic heterocycles. The van der Waals surface area contributed by atoms with Crippen LogP contribution in [0.3, 0.4) is 0 Å². The van der Waals surface area contributed by atoms with Gasteiger partial charge in [0.05, 0.1) is 0 Å². The minimum Gasteiger partial charge on any atom is -0.383 e. The smallest absolute Gasteiger partial charge is 0.159 e. The van der Waals surface area contributed by atoms with Gasteiger partial charge in [0.1, 0.15) is 17.3 Å². The van der Waals surface area contributed by atoms with Gasteiger partial charge in [-0.15, -0.1) is 0 Å². The number of nitrogens with zero attached hydrogens (tertiary/aromatic N) is 4. The first-order valence-corrected chi connectivity index (χ1v) is 6.36. The molecule has 0 bridgehead atoms. The van der Waals surface area contributed by atoms with Crippen molar-refractivity contribution in [3.05, 3.63) is 23.8 Å². The van der Waals surface area contributed by atoms with Gasteiger partial charge in [0, 0.05) is 30.4 Å². The molecule has 2 aromatic rings. The third-order valence-electron chi connectivity index (χ3n) is 3.41. The van der Waals surface area contributed by atoms with Crippen molar-refractivity contribution in [2.45, 2.75) is 39.2 Å². The summed E-state index contributed by atoms with van der Waals surface area (Å²) in [6.07, 6.45) is 6.10. The van der Waals surface area contributed by atoms with Gasteiger partial charge in [-0.2, -0.15) is 0 Å². The number of nitrogen functional groups attached to an aromatic ring is 1. The lowest BCUT2D eigenvalue weighted by molar-refractivity contribution is 0.764. The molecule has 3 rings (SSSR count). The number of hydrogen-bond donors (Lipinski definition) is 1. The van der Waals surface area contributed by atoms with Gasteiger partial charge in [0.2, 0.25) is 0 Å². The molecule has 0 spiro atoms. The van der Waals surface area contributed by atoms with Crippen LogP contribution in [0.25, 0.3) is 11.5 Å². The third-order valence-corrected chi connectivity index (χ3v) is 3.41. The van der Waals surface area contributed by atoms with E-state index >= 15 is 0 Å². The number of hydrogen-bond acceptors (Lipinski definition) is 4. The molecule has 1 fully saturated rings. The molecule has 0 unspecified atom stereocenters. The summed E-state index contributed by atoms with van der Waals surface area (Å²) in [7, 11) is 0. The summed E-state index contributed by atoms with van der Waals surface area (Å²) < 4.78 is 2.07. The van der Waals surface area contributed by atoms with E-state index in [1.165, 1.54) is 12.8 Å². The van der Waals surface area contributed by atoms with E-state index in [4.69, 9.17) is 5.73 Å². The van der Waals surface area contributed by atoms with Crippen molar-refractivity contribution < 1.29 is 0 Å². The van der Waals surface area contributed by atoms with Crippen molar-refractivity contribution >= 4 is 5.82 Å². The van der Waals surface area contributed by atoms with Crippen molar-refractivity contribution in [2.75, 3.05) is 5.73 Å². The molecule has 0 aromatic carbocycles. The van der Waals surface area contributed by atoms with Gasteiger partial charge in [-0.05, 0) is 26.7 Å². The summed E-state index contributed by atoms with van der Waals surface area (Å²) >= 11 is 0. The number of aromatic nitrogens is 4. The molecule has 5 heteroatoms. The lowest BCUT2D eigenvalue weighted by Crippen LogP contribution is -2.07. The second kappa shape index (κ2) is 4.08. The summed E-state index contributed by atoms with van der Waals surface area (Å²) in [5, 5.41) is 0. The van der Waals surface area contributed by atoms with Crippen LogP contribution in [0.15, 0.2) is 12.4 Å². The van der Waals surface area contributed by atoms with E-state index in [-0.39, 0.29) is 0 Å². The van der Waals surface area contributed by atoms with Crippen LogP contribution in [-0.2, 0) is 6.54 Å². The van der Waals surface area contributed by atoms with E-state index in [9.17, 15) is 0 Å². The summed E-state index contributed by atoms with van der Waals surface area (Å²) in [5.74, 6) is 2.83. The largest absolute Gasteiger partial charge is 0.383 e. The fraction of sp³-hybridized carbons (Fsp3) is 0.462. The number of rotatable bonds is 3. The average molecular weight is 243 g/mol. The summed E-state index contributed by atoms with van der Waals surface area (Å²) in [6, 6.07) is 0. The van der Waals surface area contributed by atoms with Crippen molar-refractivity contribution in [3.8, 4) is 11.5 Å². The highest BCUT2D eigenvalue weighted by Crippen LogP contribution is 2.39. The molecule has 0 saturated heterocycles. The van der Waals surface area contributed by atoms with Gasteiger partial charge in [0.15, 0.2) is 5.82 Å². The van der Waals surface area contributed by atoms with E-state index in [1.54, 1.807) is 6.20 Å². The molecule has 94 valence electrons. The molecule has 2 heterocycles.